The lowest BCUT2D eigenvalue weighted by Crippen LogP contribution is -2.25. The van der Waals surface area contributed by atoms with E-state index in [0.29, 0.717) is 19.5 Å². The third-order valence-corrected chi connectivity index (χ3v) is 3.13. The van der Waals surface area contributed by atoms with Gasteiger partial charge in [0.05, 0.1) is 7.11 Å². The van der Waals surface area contributed by atoms with Crippen molar-refractivity contribution in [3.8, 4) is 5.75 Å². The highest BCUT2D eigenvalue weighted by molar-refractivity contribution is 5.85. The summed E-state index contributed by atoms with van der Waals surface area (Å²) in [6.45, 7) is 3.45. The Balaban J connectivity index is 0.00000361. The van der Waals surface area contributed by atoms with Crippen LogP contribution in [0.1, 0.15) is 37.7 Å². The highest BCUT2D eigenvalue weighted by Gasteiger charge is 2.10. The first-order chi connectivity index (χ1) is 9.17. The maximum absolute atomic E-state index is 11.7. The Morgan fingerprint density at radius 2 is 1.95 bits per heavy atom. The molecular formula is C15H25ClN2O2. The standard InChI is InChI=1S/C15H24N2O2.ClH/c1-12(11-15(18)17-10-4-3-9-16)13-5-7-14(19-2)8-6-13;/h5-8,12H,3-4,9-11,16H2,1-2H3,(H,17,18);1H. The Morgan fingerprint density at radius 3 is 2.50 bits per heavy atom. The normalized spacial score (nSPS) is 11.3. The number of unbranched alkanes of at least 4 members (excludes halogenated alkanes) is 1. The fraction of sp³-hybridized carbons (Fsp3) is 0.533. The van der Waals surface area contributed by atoms with Crippen molar-refractivity contribution in [2.75, 3.05) is 20.2 Å². The number of nitrogens with two attached hydrogens (primary N) is 1. The van der Waals surface area contributed by atoms with E-state index in [0.717, 1.165) is 24.2 Å². The predicted octanol–water partition coefficient (Wildman–Crippen LogP) is 2.47. The van der Waals surface area contributed by atoms with Crippen LogP contribution in [0.4, 0.5) is 0 Å². The van der Waals surface area contributed by atoms with Crippen molar-refractivity contribution in [2.45, 2.75) is 32.1 Å². The Labute approximate surface area is 127 Å². The smallest absolute Gasteiger partial charge is 0.220 e. The molecule has 0 saturated heterocycles. The third-order valence-electron chi connectivity index (χ3n) is 3.13. The molecule has 0 aliphatic rings. The second-order valence-corrected chi connectivity index (χ2v) is 4.72. The lowest BCUT2D eigenvalue weighted by molar-refractivity contribution is -0.121. The van der Waals surface area contributed by atoms with Crippen molar-refractivity contribution in [1.29, 1.82) is 0 Å². The van der Waals surface area contributed by atoms with Crippen LogP contribution in [0, 0.1) is 0 Å². The molecule has 1 atom stereocenters. The van der Waals surface area contributed by atoms with E-state index in [2.05, 4.69) is 12.2 Å². The molecule has 1 rings (SSSR count). The first-order valence-electron chi connectivity index (χ1n) is 6.78. The van der Waals surface area contributed by atoms with Crippen LogP contribution < -0.4 is 15.8 Å². The largest absolute Gasteiger partial charge is 0.497 e. The molecule has 0 aliphatic heterocycles. The number of carbonyl (C=O) groups is 1. The number of methoxy groups -OCH3 is 1. The fourth-order valence-electron chi connectivity index (χ4n) is 1.90. The molecule has 0 saturated carbocycles. The van der Waals surface area contributed by atoms with Crippen molar-refractivity contribution in [1.82, 2.24) is 5.32 Å². The van der Waals surface area contributed by atoms with Crippen LogP contribution in [0.15, 0.2) is 24.3 Å². The molecule has 114 valence electrons. The highest BCUT2D eigenvalue weighted by Crippen LogP contribution is 2.21. The number of halogens is 1. The minimum Gasteiger partial charge on any atom is -0.497 e. The lowest BCUT2D eigenvalue weighted by Gasteiger charge is -2.12. The average molecular weight is 301 g/mol. The minimum atomic E-state index is 0. The van der Waals surface area contributed by atoms with Gasteiger partial charge in [-0.05, 0) is 43.0 Å². The van der Waals surface area contributed by atoms with Crippen molar-refractivity contribution >= 4 is 18.3 Å². The summed E-state index contributed by atoms with van der Waals surface area (Å²) in [6, 6.07) is 7.85. The number of carbonyl (C=O) groups excluding carboxylic acids is 1. The second-order valence-electron chi connectivity index (χ2n) is 4.72. The third kappa shape index (κ3) is 6.78. The molecule has 1 aromatic carbocycles. The van der Waals surface area contributed by atoms with Gasteiger partial charge in [-0.25, -0.2) is 0 Å². The summed E-state index contributed by atoms with van der Waals surface area (Å²) in [5.74, 6) is 1.14. The number of benzene rings is 1. The van der Waals surface area contributed by atoms with E-state index in [1.54, 1.807) is 7.11 Å². The number of amides is 1. The molecule has 1 aromatic rings. The summed E-state index contributed by atoms with van der Waals surface area (Å²) in [7, 11) is 1.65. The van der Waals surface area contributed by atoms with E-state index in [4.69, 9.17) is 10.5 Å². The predicted molar refractivity (Wildman–Crippen MR) is 84.6 cm³/mol. The molecule has 20 heavy (non-hydrogen) atoms. The summed E-state index contributed by atoms with van der Waals surface area (Å²) in [5.41, 5.74) is 6.55. The number of nitrogens with one attached hydrogen (secondary N) is 1. The molecule has 0 spiro atoms. The summed E-state index contributed by atoms with van der Waals surface area (Å²) in [4.78, 5) is 11.7. The SMILES string of the molecule is COc1ccc(C(C)CC(=O)NCCCCN)cc1.Cl. The molecule has 0 heterocycles. The first kappa shape index (κ1) is 18.7. The van der Waals surface area contributed by atoms with Crippen LogP contribution in [0.3, 0.4) is 0 Å². The Morgan fingerprint density at radius 1 is 1.30 bits per heavy atom. The van der Waals surface area contributed by atoms with Crippen LogP contribution in [-0.4, -0.2) is 26.1 Å². The maximum atomic E-state index is 11.7. The molecule has 0 aliphatic carbocycles. The van der Waals surface area contributed by atoms with Crippen LogP contribution in [-0.2, 0) is 4.79 Å². The molecule has 1 unspecified atom stereocenters. The number of hydrogen-bond donors (Lipinski definition) is 2. The summed E-state index contributed by atoms with van der Waals surface area (Å²) in [5, 5.41) is 2.92. The van der Waals surface area contributed by atoms with E-state index < -0.39 is 0 Å². The van der Waals surface area contributed by atoms with Crippen molar-refractivity contribution in [3.63, 3.8) is 0 Å². The number of rotatable bonds is 8. The number of hydrogen-bond acceptors (Lipinski definition) is 3. The fourth-order valence-corrected chi connectivity index (χ4v) is 1.90. The highest BCUT2D eigenvalue weighted by atomic mass is 35.5. The molecule has 0 radical (unpaired) electrons. The van der Waals surface area contributed by atoms with Gasteiger partial charge in [-0.3, -0.25) is 4.79 Å². The number of ether oxygens (including phenoxy) is 1. The van der Waals surface area contributed by atoms with Crippen molar-refractivity contribution in [2.24, 2.45) is 5.73 Å². The molecular weight excluding hydrogens is 276 g/mol. The first-order valence-corrected chi connectivity index (χ1v) is 6.78. The topological polar surface area (TPSA) is 64.3 Å². The van der Waals surface area contributed by atoms with Gasteiger partial charge in [0.15, 0.2) is 0 Å². The van der Waals surface area contributed by atoms with E-state index in [-0.39, 0.29) is 24.2 Å². The molecule has 0 aromatic heterocycles. The van der Waals surface area contributed by atoms with Crippen molar-refractivity contribution in [3.05, 3.63) is 29.8 Å². The summed E-state index contributed by atoms with van der Waals surface area (Å²) >= 11 is 0. The molecule has 4 nitrogen and oxygen atoms in total. The molecule has 5 heteroatoms. The second kappa shape index (κ2) is 10.5. The van der Waals surface area contributed by atoms with Gasteiger partial charge in [0.2, 0.25) is 5.91 Å². The van der Waals surface area contributed by atoms with Crippen LogP contribution in [0.5, 0.6) is 5.75 Å². The van der Waals surface area contributed by atoms with Crippen LogP contribution in [0.2, 0.25) is 0 Å². The zero-order valence-electron chi connectivity index (χ0n) is 12.2. The van der Waals surface area contributed by atoms with Gasteiger partial charge < -0.3 is 15.8 Å². The minimum absolute atomic E-state index is 0. The van der Waals surface area contributed by atoms with Gasteiger partial charge >= 0.3 is 0 Å². The summed E-state index contributed by atoms with van der Waals surface area (Å²) < 4.78 is 5.12. The molecule has 0 fully saturated rings. The monoisotopic (exact) mass is 300 g/mol. The van der Waals surface area contributed by atoms with E-state index >= 15 is 0 Å². The zero-order chi connectivity index (χ0) is 14.1. The Hall–Kier alpha value is -1.26. The van der Waals surface area contributed by atoms with Gasteiger partial charge in [-0.15, -0.1) is 12.4 Å². The van der Waals surface area contributed by atoms with E-state index in [9.17, 15) is 4.79 Å². The average Bonchev–Trinajstić information content (AvgIpc) is 2.43. The maximum Gasteiger partial charge on any atom is 0.220 e. The van der Waals surface area contributed by atoms with Gasteiger partial charge in [-0.2, -0.15) is 0 Å². The quantitative estimate of drug-likeness (QED) is 0.725. The van der Waals surface area contributed by atoms with Gasteiger partial charge in [-0.1, -0.05) is 19.1 Å². The summed E-state index contributed by atoms with van der Waals surface area (Å²) in [6.07, 6.45) is 2.41. The Kier molecular flexibility index (Phi) is 9.86. The van der Waals surface area contributed by atoms with Crippen LogP contribution >= 0.6 is 12.4 Å². The van der Waals surface area contributed by atoms with Crippen LogP contribution in [0.25, 0.3) is 0 Å². The van der Waals surface area contributed by atoms with E-state index in [1.165, 1.54) is 0 Å². The van der Waals surface area contributed by atoms with E-state index in [1.807, 2.05) is 24.3 Å². The Bertz CT molecular complexity index is 382. The van der Waals surface area contributed by atoms with Crippen molar-refractivity contribution < 1.29 is 9.53 Å². The zero-order valence-corrected chi connectivity index (χ0v) is 13.0. The van der Waals surface area contributed by atoms with Gasteiger partial charge in [0.25, 0.3) is 0 Å². The molecule has 0 bridgehead atoms. The van der Waals surface area contributed by atoms with Gasteiger partial charge in [0.1, 0.15) is 5.75 Å². The lowest BCUT2D eigenvalue weighted by atomic mass is 9.97. The van der Waals surface area contributed by atoms with Gasteiger partial charge in [0, 0.05) is 13.0 Å². The molecule has 1 amide bonds. The molecule has 3 N–H and O–H groups in total.